The van der Waals surface area contributed by atoms with Crippen LogP contribution in [0.25, 0.3) is 44.4 Å². The summed E-state index contributed by atoms with van der Waals surface area (Å²) in [5.74, 6) is 1.19. The van der Waals surface area contributed by atoms with Crippen LogP contribution in [0.2, 0.25) is 0 Å². The number of rotatable bonds is 7. The van der Waals surface area contributed by atoms with Crippen LogP contribution in [-0.2, 0) is 38.3 Å². The molecule has 0 fully saturated rings. The maximum Gasteiger partial charge on any atom is 2.00 e. The van der Waals surface area contributed by atoms with Crippen LogP contribution in [0.1, 0.15) is 71.8 Å². The second kappa shape index (κ2) is 13.6. The molecular formula is C43H41FN4OPt. The SMILES string of the molecule is CCCc1nn(-c2[c-]c(Oc3[c-]c4c(cc3)c3ccccc3n4-c3cc(F)ccn3)ccc2)c(C(C)(C)C)c1-c1ccc(C(C)(C)C)cc1.[Pt+2]. The molecule has 0 atom stereocenters. The van der Waals surface area contributed by atoms with E-state index in [2.05, 4.69) is 95.9 Å². The summed E-state index contributed by atoms with van der Waals surface area (Å²) in [6, 6.07) is 36.5. The zero-order chi connectivity index (χ0) is 34.5. The van der Waals surface area contributed by atoms with Gasteiger partial charge in [0.2, 0.25) is 0 Å². The molecule has 7 rings (SSSR count). The first kappa shape index (κ1) is 35.3. The molecule has 0 aliphatic heterocycles. The molecule has 0 aliphatic rings. The quantitative estimate of drug-likeness (QED) is 0.150. The molecule has 0 saturated carbocycles. The van der Waals surface area contributed by atoms with E-state index in [0.717, 1.165) is 51.7 Å². The van der Waals surface area contributed by atoms with Crippen molar-refractivity contribution in [2.24, 2.45) is 0 Å². The minimum absolute atomic E-state index is 0. The number of nitrogens with zero attached hydrogens (tertiary/aromatic N) is 4. The summed E-state index contributed by atoms with van der Waals surface area (Å²) >= 11 is 0. The van der Waals surface area contributed by atoms with Gasteiger partial charge in [0.15, 0.2) is 0 Å². The van der Waals surface area contributed by atoms with E-state index in [4.69, 9.17) is 9.84 Å². The minimum Gasteiger partial charge on any atom is -0.509 e. The third kappa shape index (κ3) is 6.66. The fourth-order valence-corrected chi connectivity index (χ4v) is 6.61. The van der Waals surface area contributed by atoms with Gasteiger partial charge in [-0.15, -0.1) is 35.7 Å². The summed E-state index contributed by atoms with van der Waals surface area (Å²) in [6.45, 7) is 15.6. The zero-order valence-corrected chi connectivity index (χ0v) is 31.8. The summed E-state index contributed by atoms with van der Waals surface area (Å²) in [4.78, 5) is 4.47. The summed E-state index contributed by atoms with van der Waals surface area (Å²) in [6.07, 6.45) is 3.33. The Morgan fingerprint density at radius 3 is 2.22 bits per heavy atom. The van der Waals surface area contributed by atoms with E-state index >= 15 is 0 Å². The van der Waals surface area contributed by atoms with Gasteiger partial charge in [-0.25, -0.2) is 9.37 Å². The smallest absolute Gasteiger partial charge is 0.509 e. The van der Waals surface area contributed by atoms with Crippen molar-refractivity contribution in [1.29, 1.82) is 0 Å². The monoisotopic (exact) mass is 843 g/mol. The molecule has 0 N–H and O–H groups in total. The van der Waals surface area contributed by atoms with Gasteiger partial charge >= 0.3 is 21.1 Å². The molecule has 50 heavy (non-hydrogen) atoms. The normalized spacial score (nSPS) is 12.0. The Morgan fingerprint density at radius 2 is 1.52 bits per heavy atom. The van der Waals surface area contributed by atoms with Crippen molar-refractivity contribution >= 4 is 21.8 Å². The maximum atomic E-state index is 14.3. The van der Waals surface area contributed by atoms with Crippen LogP contribution in [-0.4, -0.2) is 19.3 Å². The van der Waals surface area contributed by atoms with Crippen molar-refractivity contribution in [3.63, 3.8) is 0 Å². The second-order valence-corrected chi connectivity index (χ2v) is 14.7. The van der Waals surface area contributed by atoms with Gasteiger partial charge in [0.05, 0.1) is 11.4 Å². The van der Waals surface area contributed by atoms with Gasteiger partial charge in [-0.1, -0.05) is 103 Å². The largest absolute Gasteiger partial charge is 2.00 e. The first-order chi connectivity index (χ1) is 23.4. The fraction of sp³-hybridized carbons (Fsp3) is 0.256. The second-order valence-electron chi connectivity index (χ2n) is 14.7. The van der Waals surface area contributed by atoms with Crippen LogP contribution in [0.15, 0.2) is 97.2 Å². The van der Waals surface area contributed by atoms with E-state index < -0.39 is 0 Å². The van der Waals surface area contributed by atoms with Crippen LogP contribution in [0.4, 0.5) is 4.39 Å². The molecule has 0 aliphatic carbocycles. The van der Waals surface area contributed by atoms with Gasteiger partial charge in [0.1, 0.15) is 11.6 Å². The van der Waals surface area contributed by atoms with Crippen LogP contribution in [0.3, 0.4) is 0 Å². The molecule has 7 heteroatoms. The van der Waals surface area contributed by atoms with E-state index in [-0.39, 0.29) is 37.7 Å². The first-order valence-electron chi connectivity index (χ1n) is 16.9. The Bertz CT molecular complexity index is 2310. The van der Waals surface area contributed by atoms with Crippen molar-refractivity contribution in [2.45, 2.75) is 72.1 Å². The standard InChI is InChI=1S/C43H41FN4O.Pt/c1-8-12-36-40(28-17-19-29(20-18-28)42(2,3)4)41(43(5,6)7)48(46-36)31-13-11-14-32(26-31)49-33-21-22-35-34-15-9-10-16-37(34)47(38(35)27-33)39-25-30(44)23-24-45-39;/h9-11,13-25H,8,12H2,1-7H3;/q-2;+2. The topological polar surface area (TPSA) is 44.9 Å². The van der Waals surface area contributed by atoms with Gasteiger partial charge in [-0.3, -0.25) is 4.68 Å². The third-order valence-corrected chi connectivity index (χ3v) is 8.89. The molecule has 3 heterocycles. The van der Waals surface area contributed by atoms with Gasteiger partial charge in [-0.2, -0.15) is 17.2 Å². The van der Waals surface area contributed by atoms with E-state index in [9.17, 15) is 4.39 Å². The van der Waals surface area contributed by atoms with Crippen molar-refractivity contribution in [3.8, 4) is 34.1 Å². The predicted octanol–water partition coefficient (Wildman–Crippen LogP) is 11.1. The molecule has 0 spiro atoms. The molecule has 0 saturated heterocycles. The van der Waals surface area contributed by atoms with Crippen LogP contribution < -0.4 is 4.74 Å². The number of pyridine rings is 1. The first-order valence-corrected chi connectivity index (χ1v) is 16.9. The molecule has 256 valence electrons. The molecule has 0 unspecified atom stereocenters. The van der Waals surface area contributed by atoms with E-state index in [1.165, 1.54) is 35.0 Å². The summed E-state index contributed by atoms with van der Waals surface area (Å²) in [7, 11) is 0. The number of hydrogen-bond donors (Lipinski definition) is 0. The van der Waals surface area contributed by atoms with Crippen LogP contribution in [0.5, 0.6) is 11.5 Å². The molecule has 0 radical (unpaired) electrons. The molecule has 3 aromatic heterocycles. The number of fused-ring (bicyclic) bond motifs is 3. The number of ether oxygens (including phenoxy) is 1. The van der Waals surface area contributed by atoms with Crippen LogP contribution >= 0.6 is 0 Å². The summed E-state index contributed by atoms with van der Waals surface area (Å²) in [5.41, 5.74) is 8.21. The van der Waals surface area contributed by atoms with Gasteiger partial charge in [-0.05, 0) is 46.2 Å². The maximum absolute atomic E-state index is 14.3. The molecule has 0 amide bonds. The van der Waals surface area contributed by atoms with Gasteiger partial charge in [0, 0.05) is 40.3 Å². The zero-order valence-electron chi connectivity index (χ0n) is 29.5. The Kier molecular flexibility index (Phi) is 9.63. The number of aromatic nitrogens is 4. The Hall–Kier alpha value is -4.54. The van der Waals surface area contributed by atoms with Crippen molar-refractivity contribution in [3.05, 3.63) is 132 Å². The minimum atomic E-state index is -0.352. The average molecular weight is 844 g/mol. The Morgan fingerprint density at radius 1 is 0.780 bits per heavy atom. The van der Waals surface area contributed by atoms with Crippen molar-refractivity contribution in [2.75, 3.05) is 0 Å². The summed E-state index contributed by atoms with van der Waals surface area (Å²) < 4.78 is 24.7. The Balaban J connectivity index is 0.00000432. The fourth-order valence-electron chi connectivity index (χ4n) is 6.61. The predicted molar refractivity (Wildman–Crippen MR) is 197 cm³/mol. The number of benzene rings is 4. The number of halogens is 1. The van der Waals surface area contributed by atoms with E-state index in [1.807, 2.05) is 57.8 Å². The van der Waals surface area contributed by atoms with E-state index in [1.54, 1.807) is 0 Å². The van der Waals surface area contributed by atoms with Gasteiger partial charge < -0.3 is 9.30 Å². The van der Waals surface area contributed by atoms with Crippen LogP contribution in [0, 0.1) is 17.9 Å². The van der Waals surface area contributed by atoms with Crippen molar-refractivity contribution in [1.82, 2.24) is 19.3 Å². The molecule has 4 aromatic carbocycles. The average Bonchev–Trinajstić information content (AvgIpc) is 3.61. The number of aryl methyl sites for hydroxylation is 1. The molecule has 5 nitrogen and oxygen atoms in total. The third-order valence-electron chi connectivity index (χ3n) is 8.89. The number of para-hydroxylation sites is 1. The number of hydrogen-bond acceptors (Lipinski definition) is 3. The van der Waals surface area contributed by atoms with Crippen molar-refractivity contribution < 1.29 is 30.2 Å². The molecule has 0 bridgehead atoms. The van der Waals surface area contributed by atoms with Gasteiger partial charge in [0.25, 0.3) is 0 Å². The van der Waals surface area contributed by atoms with E-state index in [0.29, 0.717) is 17.3 Å². The molecular weight excluding hydrogens is 803 g/mol. The Labute approximate surface area is 308 Å². The molecule has 7 aromatic rings. The summed E-state index contributed by atoms with van der Waals surface area (Å²) in [5, 5.41) is 7.24.